The lowest BCUT2D eigenvalue weighted by atomic mass is 10.1. The van der Waals surface area contributed by atoms with Gasteiger partial charge < -0.3 is 15.5 Å². The standard InChI is InChI=1S/C19H19N5O2S/c1-12(25)13-3-5-15(6-4-13)22-18(26)14(9-20)10-21-19-23-16-7-8-24(2)11-17(16)27-19/h3-6,10H,7-8,11H2,1-2H3,(H,21,23)(H,22,26)/b14-10-. The van der Waals surface area contributed by atoms with E-state index >= 15 is 0 Å². The van der Waals surface area contributed by atoms with Crippen molar-refractivity contribution >= 4 is 33.8 Å². The Kier molecular flexibility index (Phi) is 5.64. The number of likely N-dealkylation sites (N-methyl/N-ethyl adjacent to an activating group) is 1. The fourth-order valence-electron chi connectivity index (χ4n) is 2.65. The van der Waals surface area contributed by atoms with Gasteiger partial charge >= 0.3 is 0 Å². The van der Waals surface area contributed by atoms with Crippen LogP contribution in [0.4, 0.5) is 10.8 Å². The molecule has 0 saturated heterocycles. The number of rotatable bonds is 5. The van der Waals surface area contributed by atoms with Crippen LogP contribution in [0.5, 0.6) is 0 Å². The minimum absolute atomic E-state index is 0.0491. The highest BCUT2D eigenvalue weighted by molar-refractivity contribution is 7.15. The molecule has 0 unspecified atom stereocenters. The molecule has 7 nitrogen and oxygen atoms in total. The molecule has 2 heterocycles. The number of thiazole rings is 1. The highest BCUT2D eigenvalue weighted by Crippen LogP contribution is 2.27. The lowest BCUT2D eigenvalue weighted by Gasteiger charge is -2.20. The molecule has 1 aliphatic rings. The molecule has 2 aromatic rings. The van der Waals surface area contributed by atoms with Gasteiger partial charge in [-0.2, -0.15) is 5.26 Å². The Morgan fingerprint density at radius 2 is 2.07 bits per heavy atom. The van der Waals surface area contributed by atoms with Crippen molar-refractivity contribution in [3.05, 3.63) is 52.2 Å². The number of nitrogens with one attached hydrogen (secondary N) is 2. The van der Waals surface area contributed by atoms with Crippen LogP contribution in [0.1, 0.15) is 27.9 Å². The normalized spacial score (nSPS) is 14.2. The molecule has 1 aromatic carbocycles. The molecule has 0 aliphatic carbocycles. The lowest BCUT2D eigenvalue weighted by molar-refractivity contribution is -0.112. The van der Waals surface area contributed by atoms with Crippen LogP contribution in [-0.2, 0) is 17.8 Å². The van der Waals surface area contributed by atoms with Crippen molar-refractivity contribution in [3.8, 4) is 6.07 Å². The van der Waals surface area contributed by atoms with Crippen molar-refractivity contribution in [2.75, 3.05) is 24.2 Å². The number of anilines is 2. The Hall–Kier alpha value is -3.02. The van der Waals surface area contributed by atoms with Gasteiger partial charge in [0, 0.05) is 41.8 Å². The number of nitrogens with zero attached hydrogens (tertiary/aromatic N) is 3. The number of fused-ring (bicyclic) bond motifs is 1. The van der Waals surface area contributed by atoms with Gasteiger partial charge in [0.15, 0.2) is 10.9 Å². The highest BCUT2D eigenvalue weighted by atomic mass is 32.1. The van der Waals surface area contributed by atoms with Gasteiger partial charge in [0.1, 0.15) is 11.6 Å². The molecule has 138 valence electrons. The molecular formula is C19H19N5O2S. The van der Waals surface area contributed by atoms with Gasteiger partial charge in [-0.3, -0.25) is 9.59 Å². The molecule has 0 atom stereocenters. The van der Waals surface area contributed by atoms with Crippen molar-refractivity contribution < 1.29 is 9.59 Å². The summed E-state index contributed by atoms with van der Waals surface area (Å²) in [6, 6.07) is 8.40. The van der Waals surface area contributed by atoms with E-state index in [0.717, 1.165) is 25.2 Å². The molecule has 2 N–H and O–H groups in total. The third-order valence-electron chi connectivity index (χ3n) is 4.18. The molecule has 1 amide bonds. The van der Waals surface area contributed by atoms with Crippen LogP contribution in [0.2, 0.25) is 0 Å². The Labute approximate surface area is 161 Å². The first-order valence-electron chi connectivity index (χ1n) is 8.42. The van der Waals surface area contributed by atoms with E-state index in [1.807, 2.05) is 6.07 Å². The van der Waals surface area contributed by atoms with E-state index in [1.54, 1.807) is 24.3 Å². The number of nitriles is 1. The van der Waals surface area contributed by atoms with Crippen LogP contribution in [0.15, 0.2) is 36.0 Å². The number of hydrogen-bond donors (Lipinski definition) is 2. The van der Waals surface area contributed by atoms with Crippen molar-refractivity contribution in [2.24, 2.45) is 0 Å². The van der Waals surface area contributed by atoms with Gasteiger partial charge in [0.05, 0.1) is 5.69 Å². The maximum Gasteiger partial charge on any atom is 0.267 e. The summed E-state index contributed by atoms with van der Waals surface area (Å²) >= 11 is 1.53. The fraction of sp³-hybridized carbons (Fsp3) is 0.263. The molecular weight excluding hydrogens is 362 g/mol. The Bertz CT molecular complexity index is 940. The third kappa shape index (κ3) is 4.58. The summed E-state index contributed by atoms with van der Waals surface area (Å²) < 4.78 is 0. The quantitative estimate of drug-likeness (QED) is 0.469. The first-order chi connectivity index (χ1) is 13.0. The maximum atomic E-state index is 12.3. The molecule has 1 aromatic heterocycles. The maximum absolute atomic E-state index is 12.3. The molecule has 1 aliphatic heterocycles. The molecule has 3 rings (SSSR count). The van der Waals surface area contributed by atoms with Crippen molar-refractivity contribution in [1.82, 2.24) is 9.88 Å². The first-order valence-corrected chi connectivity index (χ1v) is 9.24. The smallest absolute Gasteiger partial charge is 0.267 e. The van der Waals surface area contributed by atoms with E-state index in [4.69, 9.17) is 0 Å². The number of carbonyl (C=O) groups excluding carboxylic acids is 2. The van der Waals surface area contributed by atoms with E-state index in [9.17, 15) is 14.9 Å². The van der Waals surface area contributed by atoms with E-state index in [-0.39, 0.29) is 11.4 Å². The molecule has 0 radical (unpaired) electrons. The largest absolute Gasteiger partial charge is 0.337 e. The number of aromatic nitrogens is 1. The van der Waals surface area contributed by atoms with Crippen LogP contribution < -0.4 is 10.6 Å². The summed E-state index contributed by atoms with van der Waals surface area (Å²) in [5.41, 5.74) is 2.08. The van der Waals surface area contributed by atoms with Gasteiger partial charge in [-0.15, -0.1) is 11.3 Å². The number of ketones is 1. The van der Waals surface area contributed by atoms with Gasteiger partial charge in [0.25, 0.3) is 5.91 Å². The second-order valence-corrected chi connectivity index (χ2v) is 7.36. The Balaban J connectivity index is 1.66. The van der Waals surface area contributed by atoms with Crippen LogP contribution in [0.25, 0.3) is 0 Å². The summed E-state index contributed by atoms with van der Waals surface area (Å²) in [7, 11) is 2.07. The highest BCUT2D eigenvalue weighted by Gasteiger charge is 2.18. The predicted molar refractivity (Wildman–Crippen MR) is 105 cm³/mol. The van der Waals surface area contributed by atoms with E-state index in [0.29, 0.717) is 16.4 Å². The topological polar surface area (TPSA) is 98.1 Å². The van der Waals surface area contributed by atoms with E-state index in [2.05, 4.69) is 27.6 Å². The monoisotopic (exact) mass is 381 g/mol. The second kappa shape index (κ2) is 8.12. The number of benzene rings is 1. The average molecular weight is 381 g/mol. The fourth-order valence-corrected chi connectivity index (χ4v) is 3.71. The lowest BCUT2D eigenvalue weighted by Crippen LogP contribution is -2.25. The molecule has 0 saturated carbocycles. The Morgan fingerprint density at radius 3 is 2.74 bits per heavy atom. The minimum Gasteiger partial charge on any atom is -0.337 e. The molecule has 8 heteroatoms. The van der Waals surface area contributed by atoms with Crippen LogP contribution >= 0.6 is 11.3 Å². The Morgan fingerprint density at radius 1 is 1.33 bits per heavy atom. The van der Waals surface area contributed by atoms with Crippen LogP contribution in [-0.4, -0.2) is 35.2 Å². The van der Waals surface area contributed by atoms with Crippen LogP contribution in [0.3, 0.4) is 0 Å². The third-order valence-corrected chi connectivity index (χ3v) is 5.19. The van der Waals surface area contributed by atoms with E-state index in [1.165, 1.54) is 29.3 Å². The van der Waals surface area contributed by atoms with Crippen molar-refractivity contribution in [3.63, 3.8) is 0 Å². The number of Topliss-reactive ketones (excluding diaryl/α,β-unsaturated/α-hetero) is 1. The van der Waals surface area contributed by atoms with Crippen molar-refractivity contribution in [2.45, 2.75) is 19.9 Å². The molecule has 0 spiro atoms. The number of carbonyl (C=O) groups is 2. The summed E-state index contributed by atoms with van der Waals surface area (Å²) in [6.45, 7) is 3.31. The minimum atomic E-state index is -0.526. The van der Waals surface area contributed by atoms with Crippen LogP contribution in [0, 0.1) is 11.3 Å². The van der Waals surface area contributed by atoms with Crippen molar-refractivity contribution in [1.29, 1.82) is 5.26 Å². The summed E-state index contributed by atoms with van der Waals surface area (Å²) in [5.74, 6) is -0.575. The zero-order chi connectivity index (χ0) is 19.4. The molecule has 27 heavy (non-hydrogen) atoms. The average Bonchev–Trinajstić information content (AvgIpc) is 3.04. The summed E-state index contributed by atoms with van der Waals surface area (Å²) in [4.78, 5) is 31.5. The van der Waals surface area contributed by atoms with Gasteiger partial charge in [-0.05, 0) is 38.2 Å². The van der Waals surface area contributed by atoms with Gasteiger partial charge in [-0.1, -0.05) is 0 Å². The second-order valence-electron chi connectivity index (χ2n) is 6.28. The number of amides is 1. The summed E-state index contributed by atoms with van der Waals surface area (Å²) in [5, 5.41) is 15.5. The molecule has 0 bridgehead atoms. The van der Waals surface area contributed by atoms with E-state index < -0.39 is 5.91 Å². The summed E-state index contributed by atoms with van der Waals surface area (Å²) in [6.07, 6.45) is 2.27. The van der Waals surface area contributed by atoms with Gasteiger partial charge in [0.2, 0.25) is 0 Å². The number of hydrogen-bond acceptors (Lipinski definition) is 7. The SMILES string of the molecule is CC(=O)c1ccc(NC(=O)/C(C#N)=C\Nc2nc3c(s2)CN(C)CC3)cc1. The molecule has 0 fully saturated rings. The first kappa shape index (κ1) is 18.8. The van der Waals surface area contributed by atoms with Gasteiger partial charge in [-0.25, -0.2) is 4.98 Å². The zero-order valence-electron chi connectivity index (χ0n) is 15.1. The zero-order valence-corrected chi connectivity index (χ0v) is 15.9. The predicted octanol–water partition coefficient (Wildman–Crippen LogP) is 2.79.